The number of benzene rings is 3. The van der Waals surface area contributed by atoms with Gasteiger partial charge < -0.3 is 9.84 Å². The van der Waals surface area contributed by atoms with Gasteiger partial charge in [0.2, 0.25) is 5.88 Å². The maximum atomic E-state index is 13.5. The summed E-state index contributed by atoms with van der Waals surface area (Å²) in [6, 6.07) is 28.2. The number of fused-ring (bicyclic) bond motifs is 2. The van der Waals surface area contributed by atoms with Crippen molar-refractivity contribution in [2.75, 3.05) is 6.61 Å². The number of aromatic nitrogens is 3. The first-order chi connectivity index (χ1) is 19.0. The Morgan fingerprint density at radius 1 is 0.949 bits per heavy atom. The Balaban J connectivity index is 1.56. The summed E-state index contributed by atoms with van der Waals surface area (Å²) in [5, 5.41) is 12.6. The first kappa shape index (κ1) is 24.2. The third-order valence-electron chi connectivity index (χ3n) is 6.63. The zero-order chi connectivity index (χ0) is 26.9. The van der Waals surface area contributed by atoms with Crippen LogP contribution in [0, 0.1) is 6.92 Å². The minimum Gasteiger partial charge on any atom is -0.494 e. The van der Waals surface area contributed by atoms with E-state index < -0.39 is 0 Å². The maximum Gasteiger partial charge on any atom is 0.265 e. The van der Waals surface area contributed by atoms with Crippen molar-refractivity contribution in [1.82, 2.24) is 14.0 Å². The number of rotatable bonds is 6. The van der Waals surface area contributed by atoms with E-state index >= 15 is 0 Å². The van der Waals surface area contributed by atoms with E-state index in [1.807, 2.05) is 85.1 Å². The van der Waals surface area contributed by atoms with Crippen LogP contribution in [-0.4, -0.2) is 31.9 Å². The smallest absolute Gasteiger partial charge is 0.265 e. The summed E-state index contributed by atoms with van der Waals surface area (Å²) in [4.78, 5) is 23.2. The molecule has 3 heterocycles. The van der Waals surface area contributed by atoms with Gasteiger partial charge in [-0.3, -0.25) is 9.20 Å². The van der Waals surface area contributed by atoms with Crippen LogP contribution in [0.5, 0.6) is 11.6 Å². The predicted molar refractivity (Wildman–Crippen MR) is 155 cm³/mol. The maximum absolute atomic E-state index is 13.5. The number of ether oxygens (including phenoxy) is 1. The lowest BCUT2D eigenvalue weighted by Crippen LogP contribution is -2.20. The van der Waals surface area contributed by atoms with Crippen molar-refractivity contribution in [2.45, 2.75) is 13.8 Å². The summed E-state index contributed by atoms with van der Waals surface area (Å²) in [7, 11) is 0. The van der Waals surface area contributed by atoms with Crippen LogP contribution in [0.15, 0.2) is 107 Å². The van der Waals surface area contributed by atoms with Gasteiger partial charge in [-0.25, -0.2) is 14.5 Å². The Bertz CT molecular complexity index is 1900. The molecule has 0 saturated heterocycles. The van der Waals surface area contributed by atoms with Crippen LogP contribution < -0.4 is 10.3 Å². The molecule has 0 aliphatic carbocycles. The van der Waals surface area contributed by atoms with E-state index in [1.54, 1.807) is 36.5 Å². The first-order valence-electron chi connectivity index (χ1n) is 12.7. The molecule has 7 nitrogen and oxygen atoms in total. The van der Waals surface area contributed by atoms with E-state index in [9.17, 15) is 9.90 Å². The van der Waals surface area contributed by atoms with Gasteiger partial charge in [-0.2, -0.15) is 0 Å². The number of hydrogen-bond acceptors (Lipinski definition) is 5. The third kappa shape index (κ3) is 4.34. The highest BCUT2D eigenvalue weighted by Gasteiger charge is 2.18. The summed E-state index contributed by atoms with van der Waals surface area (Å²) in [5.41, 5.74) is 4.15. The molecule has 0 aliphatic heterocycles. The average Bonchev–Trinajstić information content (AvgIpc) is 3.32. The SMILES string of the molecule is CCOc1ccc(-n2c(O)c(C=Nc3c(-c4ccccc4)nc4cc(C)ccn34)c3ccccc3c2=O)cc1. The molecule has 3 aromatic heterocycles. The normalized spacial score (nSPS) is 11.5. The van der Waals surface area contributed by atoms with E-state index in [1.165, 1.54) is 4.57 Å². The summed E-state index contributed by atoms with van der Waals surface area (Å²) in [6.45, 7) is 4.47. The van der Waals surface area contributed by atoms with E-state index in [4.69, 9.17) is 14.7 Å². The van der Waals surface area contributed by atoms with Crippen molar-refractivity contribution in [3.63, 3.8) is 0 Å². The zero-order valence-electron chi connectivity index (χ0n) is 21.6. The van der Waals surface area contributed by atoms with Gasteiger partial charge in [-0.15, -0.1) is 0 Å². The van der Waals surface area contributed by atoms with E-state index in [0.29, 0.717) is 40.2 Å². The fourth-order valence-electron chi connectivity index (χ4n) is 4.76. The van der Waals surface area contributed by atoms with Crippen LogP contribution in [0.2, 0.25) is 0 Å². The van der Waals surface area contributed by atoms with Gasteiger partial charge in [0.1, 0.15) is 17.1 Å². The molecule has 6 aromatic rings. The Morgan fingerprint density at radius 3 is 2.41 bits per heavy atom. The van der Waals surface area contributed by atoms with Crippen molar-refractivity contribution in [2.24, 2.45) is 4.99 Å². The van der Waals surface area contributed by atoms with Gasteiger partial charge >= 0.3 is 0 Å². The third-order valence-corrected chi connectivity index (χ3v) is 6.63. The average molecular weight is 515 g/mol. The molecular weight excluding hydrogens is 488 g/mol. The minimum atomic E-state index is -0.320. The Labute approximate surface area is 224 Å². The first-order valence-corrected chi connectivity index (χ1v) is 12.7. The highest BCUT2D eigenvalue weighted by molar-refractivity contribution is 6.02. The molecule has 0 radical (unpaired) electrons. The van der Waals surface area contributed by atoms with Gasteiger partial charge in [0.25, 0.3) is 5.56 Å². The summed E-state index contributed by atoms with van der Waals surface area (Å²) >= 11 is 0. The molecule has 39 heavy (non-hydrogen) atoms. The number of imidazole rings is 1. The Hall–Kier alpha value is -5.17. The van der Waals surface area contributed by atoms with Gasteiger partial charge in [-0.05, 0) is 61.9 Å². The van der Waals surface area contributed by atoms with Gasteiger partial charge in [-0.1, -0.05) is 48.5 Å². The topological polar surface area (TPSA) is 81.1 Å². The van der Waals surface area contributed by atoms with E-state index in [0.717, 1.165) is 22.5 Å². The molecule has 0 spiro atoms. The number of nitrogens with zero attached hydrogens (tertiary/aromatic N) is 4. The van der Waals surface area contributed by atoms with Crippen molar-refractivity contribution < 1.29 is 9.84 Å². The van der Waals surface area contributed by atoms with E-state index in [-0.39, 0.29) is 11.4 Å². The van der Waals surface area contributed by atoms with Crippen LogP contribution in [0.1, 0.15) is 18.1 Å². The summed E-state index contributed by atoms with van der Waals surface area (Å²) in [5.74, 6) is 1.11. The number of aryl methyl sites for hydroxylation is 1. The lowest BCUT2D eigenvalue weighted by atomic mass is 10.1. The molecule has 7 heteroatoms. The van der Waals surface area contributed by atoms with Crippen molar-refractivity contribution >= 4 is 28.5 Å². The predicted octanol–water partition coefficient (Wildman–Crippen LogP) is 6.47. The molecule has 0 unspecified atom stereocenters. The van der Waals surface area contributed by atoms with Crippen LogP contribution in [0.4, 0.5) is 5.82 Å². The standard InChI is InChI=1S/C32H26N4O3/c1-3-39-24-15-13-23(14-16-24)36-31(37)26-12-8-7-11-25(26)27(32(36)38)20-33-30-29(22-9-5-4-6-10-22)34-28-19-21(2)17-18-35(28)30/h4-20,38H,3H2,1-2H3. The molecule has 0 amide bonds. The summed E-state index contributed by atoms with van der Waals surface area (Å²) < 4.78 is 8.77. The van der Waals surface area contributed by atoms with Gasteiger partial charge in [0, 0.05) is 28.7 Å². The van der Waals surface area contributed by atoms with Crippen molar-refractivity contribution in [3.8, 4) is 28.6 Å². The molecular formula is C32H26N4O3. The zero-order valence-corrected chi connectivity index (χ0v) is 21.6. The van der Waals surface area contributed by atoms with Crippen LogP contribution in [0.25, 0.3) is 33.4 Å². The molecule has 3 aromatic carbocycles. The molecule has 0 bridgehead atoms. The highest BCUT2D eigenvalue weighted by atomic mass is 16.5. The molecule has 1 N–H and O–H groups in total. The second-order valence-corrected chi connectivity index (χ2v) is 9.19. The molecule has 0 aliphatic rings. The van der Waals surface area contributed by atoms with Crippen LogP contribution in [-0.2, 0) is 0 Å². The Kier molecular flexibility index (Phi) is 6.17. The number of pyridine rings is 2. The fraction of sp³-hybridized carbons (Fsp3) is 0.0938. The largest absolute Gasteiger partial charge is 0.494 e. The minimum absolute atomic E-state index is 0.197. The second-order valence-electron chi connectivity index (χ2n) is 9.19. The lowest BCUT2D eigenvalue weighted by molar-refractivity contribution is 0.340. The van der Waals surface area contributed by atoms with Crippen LogP contribution >= 0.6 is 0 Å². The molecule has 0 saturated carbocycles. The highest BCUT2D eigenvalue weighted by Crippen LogP contribution is 2.33. The van der Waals surface area contributed by atoms with Gasteiger partial charge in [0.05, 0.1) is 17.9 Å². The number of hydrogen-bond donors (Lipinski definition) is 1. The Morgan fingerprint density at radius 2 is 1.67 bits per heavy atom. The fourth-order valence-corrected chi connectivity index (χ4v) is 4.76. The van der Waals surface area contributed by atoms with Gasteiger partial charge in [0.15, 0.2) is 5.82 Å². The summed E-state index contributed by atoms with van der Waals surface area (Å²) in [6.07, 6.45) is 3.55. The van der Waals surface area contributed by atoms with Crippen molar-refractivity contribution in [3.05, 3.63) is 119 Å². The number of aliphatic imine (C=N–C) groups is 1. The quantitative estimate of drug-likeness (QED) is 0.258. The molecule has 0 atom stereocenters. The molecule has 0 fully saturated rings. The van der Waals surface area contributed by atoms with Crippen LogP contribution in [0.3, 0.4) is 0 Å². The second kappa shape index (κ2) is 9.95. The van der Waals surface area contributed by atoms with Crippen molar-refractivity contribution in [1.29, 1.82) is 0 Å². The molecule has 6 rings (SSSR count). The molecule has 192 valence electrons. The monoisotopic (exact) mass is 514 g/mol. The lowest BCUT2D eigenvalue weighted by Gasteiger charge is -2.14. The van der Waals surface area contributed by atoms with E-state index in [2.05, 4.69) is 0 Å². The number of aromatic hydroxyl groups is 1.